The van der Waals surface area contributed by atoms with Crippen LogP contribution in [-0.2, 0) is 18.4 Å². The minimum Gasteiger partial charge on any atom is -0.490 e. The van der Waals surface area contributed by atoms with Crippen LogP contribution < -0.4 is 15.6 Å². The molecule has 0 radical (unpaired) electrons. The Hall–Kier alpha value is -3.92. The topological polar surface area (TPSA) is 123 Å². The summed E-state index contributed by atoms with van der Waals surface area (Å²) in [4.78, 5) is 53.5. The molecule has 2 aromatic heterocycles. The predicted octanol–water partition coefficient (Wildman–Crippen LogP) is 2.03. The van der Waals surface area contributed by atoms with Crippen molar-refractivity contribution < 1.29 is 24.2 Å². The van der Waals surface area contributed by atoms with E-state index in [0.717, 1.165) is 0 Å². The van der Waals surface area contributed by atoms with Gasteiger partial charge in [-0.25, -0.2) is 0 Å². The molecule has 2 amide bonds. The van der Waals surface area contributed by atoms with Gasteiger partial charge in [-0.15, -0.1) is 0 Å². The molecule has 0 bridgehead atoms. The molecule has 1 fully saturated rings. The molecule has 1 aliphatic heterocycles. The van der Waals surface area contributed by atoms with Crippen LogP contribution in [0.15, 0.2) is 41.2 Å². The Kier molecular flexibility index (Phi) is 8.31. The van der Waals surface area contributed by atoms with Gasteiger partial charge in [0.2, 0.25) is 5.91 Å². The Balaban J connectivity index is 1.68. The second kappa shape index (κ2) is 11.6. The van der Waals surface area contributed by atoms with E-state index in [9.17, 15) is 19.2 Å². The number of ether oxygens (including phenoxy) is 1. The van der Waals surface area contributed by atoms with Gasteiger partial charge in [-0.2, -0.15) is 0 Å². The molecule has 0 saturated carbocycles. The van der Waals surface area contributed by atoms with Crippen molar-refractivity contribution in [2.75, 3.05) is 26.3 Å². The van der Waals surface area contributed by atoms with E-state index < -0.39 is 6.61 Å². The Labute approximate surface area is 220 Å². The first-order chi connectivity index (χ1) is 18.3. The lowest BCUT2D eigenvalue weighted by atomic mass is 10.0. The van der Waals surface area contributed by atoms with Crippen molar-refractivity contribution >= 4 is 28.5 Å². The van der Waals surface area contributed by atoms with Gasteiger partial charge in [0.1, 0.15) is 12.0 Å². The zero-order chi connectivity index (χ0) is 27.4. The quantitative estimate of drug-likeness (QED) is 0.415. The number of nitrogens with one attached hydrogen (secondary N) is 1. The highest BCUT2D eigenvalue weighted by Gasteiger charge is 2.29. The lowest BCUT2D eigenvalue weighted by molar-refractivity contribution is -0.135. The molecule has 10 heteroatoms. The lowest BCUT2D eigenvalue weighted by Crippen LogP contribution is -2.47. The Morgan fingerprint density at radius 1 is 1.13 bits per heavy atom. The normalized spacial score (nSPS) is 14.1. The molecule has 1 saturated heterocycles. The zero-order valence-corrected chi connectivity index (χ0v) is 22.0. The summed E-state index contributed by atoms with van der Waals surface area (Å²) in [5.41, 5.74) is 1.52. The summed E-state index contributed by atoms with van der Waals surface area (Å²) in [6, 6.07) is 10.4. The standard InChI is InChI=1S/C28H34N4O6/c1-4-14-38-26-24-21(15-18(2)32(28(24)37)16-22(34)19-8-6-5-7-9-19)30(3)25(26)27(36)29-20-10-12-31(13-11-20)23(35)17-33/h5-9,15,20,33H,4,10-14,16-17H2,1-3H3,(H,29,36). The van der Waals surface area contributed by atoms with Gasteiger partial charge in [-0.3, -0.25) is 19.2 Å². The van der Waals surface area contributed by atoms with Gasteiger partial charge >= 0.3 is 0 Å². The minimum atomic E-state index is -0.529. The number of benzene rings is 1. The van der Waals surface area contributed by atoms with Gasteiger partial charge in [0.05, 0.1) is 18.7 Å². The van der Waals surface area contributed by atoms with E-state index in [-0.39, 0.29) is 52.6 Å². The molecule has 1 aliphatic rings. The van der Waals surface area contributed by atoms with E-state index in [0.29, 0.717) is 55.7 Å². The molecule has 0 atom stereocenters. The van der Waals surface area contributed by atoms with E-state index in [1.54, 1.807) is 53.8 Å². The zero-order valence-electron chi connectivity index (χ0n) is 22.0. The average Bonchev–Trinajstić information content (AvgIpc) is 3.21. The number of amides is 2. The van der Waals surface area contributed by atoms with Crippen LogP contribution in [0.25, 0.3) is 10.9 Å². The van der Waals surface area contributed by atoms with Crippen LogP contribution in [0, 0.1) is 6.92 Å². The summed E-state index contributed by atoms with van der Waals surface area (Å²) in [6.45, 7) is 4.25. The minimum absolute atomic E-state index is 0.126. The Bertz CT molecular complexity index is 1400. The highest BCUT2D eigenvalue weighted by Crippen LogP contribution is 2.31. The second-order valence-corrected chi connectivity index (χ2v) is 9.60. The second-order valence-electron chi connectivity index (χ2n) is 9.60. The number of aliphatic hydroxyl groups is 1. The van der Waals surface area contributed by atoms with Crippen molar-refractivity contribution in [1.29, 1.82) is 0 Å². The number of nitrogens with zero attached hydrogens (tertiary/aromatic N) is 3. The molecule has 3 heterocycles. The number of pyridine rings is 1. The van der Waals surface area contributed by atoms with Gasteiger partial charge in [-0.05, 0) is 32.3 Å². The molecule has 4 rings (SSSR count). The van der Waals surface area contributed by atoms with E-state index in [1.165, 1.54) is 4.57 Å². The molecule has 10 nitrogen and oxygen atoms in total. The lowest BCUT2D eigenvalue weighted by Gasteiger charge is -2.32. The monoisotopic (exact) mass is 522 g/mol. The number of rotatable bonds is 9. The van der Waals surface area contributed by atoms with E-state index in [4.69, 9.17) is 9.84 Å². The smallest absolute Gasteiger partial charge is 0.272 e. The number of fused-ring (bicyclic) bond motifs is 1. The number of Topliss-reactive ketones (excluding diaryl/α,β-unsaturated/α-hetero) is 1. The molecule has 0 unspecified atom stereocenters. The highest BCUT2D eigenvalue weighted by atomic mass is 16.5. The molecular formula is C28H34N4O6. The Morgan fingerprint density at radius 3 is 2.45 bits per heavy atom. The predicted molar refractivity (Wildman–Crippen MR) is 143 cm³/mol. The largest absolute Gasteiger partial charge is 0.490 e. The van der Waals surface area contributed by atoms with Crippen LogP contribution in [0.1, 0.15) is 52.7 Å². The summed E-state index contributed by atoms with van der Waals surface area (Å²) < 4.78 is 9.09. The highest BCUT2D eigenvalue weighted by molar-refractivity contribution is 6.04. The van der Waals surface area contributed by atoms with Crippen LogP contribution in [-0.4, -0.2) is 69.1 Å². The summed E-state index contributed by atoms with van der Waals surface area (Å²) in [6.07, 6.45) is 1.79. The average molecular weight is 523 g/mol. The van der Waals surface area contributed by atoms with Crippen molar-refractivity contribution in [2.45, 2.75) is 45.7 Å². The number of hydrogen-bond acceptors (Lipinski definition) is 6. The summed E-state index contributed by atoms with van der Waals surface area (Å²) in [5, 5.41) is 12.4. The van der Waals surface area contributed by atoms with Gasteiger partial charge in [-0.1, -0.05) is 37.3 Å². The van der Waals surface area contributed by atoms with Crippen LogP contribution in [0.4, 0.5) is 0 Å². The van der Waals surface area contributed by atoms with Gasteiger partial charge in [0.15, 0.2) is 17.2 Å². The van der Waals surface area contributed by atoms with Gasteiger partial charge in [0.25, 0.3) is 11.5 Å². The molecular weight excluding hydrogens is 488 g/mol. The van der Waals surface area contributed by atoms with Crippen molar-refractivity contribution in [2.24, 2.45) is 7.05 Å². The molecule has 1 aromatic carbocycles. The maximum Gasteiger partial charge on any atom is 0.272 e. The molecule has 2 N–H and O–H groups in total. The molecule has 0 aliphatic carbocycles. The first-order valence-corrected chi connectivity index (χ1v) is 12.9. The van der Waals surface area contributed by atoms with Crippen LogP contribution >= 0.6 is 0 Å². The third-order valence-electron chi connectivity index (χ3n) is 7.01. The molecule has 202 valence electrons. The summed E-state index contributed by atoms with van der Waals surface area (Å²) in [5.74, 6) is -0.673. The number of carbonyl (C=O) groups excluding carboxylic acids is 3. The van der Waals surface area contributed by atoms with Crippen LogP contribution in [0.5, 0.6) is 5.75 Å². The fraction of sp³-hybridized carbons (Fsp3) is 0.429. The number of likely N-dealkylation sites (tertiary alicyclic amines) is 1. The SMILES string of the molecule is CCCOc1c(C(=O)NC2CCN(C(=O)CO)CC2)n(C)c2cc(C)n(CC(=O)c3ccccc3)c(=O)c12. The van der Waals surface area contributed by atoms with Gasteiger partial charge in [0, 0.05) is 37.4 Å². The van der Waals surface area contributed by atoms with Crippen molar-refractivity contribution in [3.8, 4) is 5.75 Å². The number of aryl methyl sites for hydroxylation is 2. The van der Waals surface area contributed by atoms with Crippen LogP contribution in [0.3, 0.4) is 0 Å². The third kappa shape index (κ3) is 5.35. The molecule has 38 heavy (non-hydrogen) atoms. The first kappa shape index (κ1) is 27.1. The number of piperidine rings is 1. The Morgan fingerprint density at radius 2 is 1.82 bits per heavy atom. The maximum absolute atomic E-state index is 13.7. The number of hydrogen-bond donors (Lipinski definition) is 2. The number of carbonyl (C=O) groups is 3. The van der Waals surface area contributed by atoms with E-state index >= 15 is 0 Å². The third-order valence-corrected chi connectivity index (χ3v) is 7.01. The van der Waals surface area contributed by atoms with Crippen molar-refractivity contribution in [1.82, 2.24) is 19.4 Å². The number of aromatic nitrogens is 2. The molecule has 0 spiro atoms. The number of aliphatic hydroxyl groups excluding tert-OH is 1. The van der Waals surface area contributed by atoms with Crippen LogP contribution in [0.2, 0.25) is 0 Å². The van der Waals surface area contributed by atoms with E-state index in [2.05, 4.69) is 5.32 Å². The maximum atomic E-state index is 13.7. The molecule has 3 aromatic rings. The summed E-state index contributed by atoms with van der Waals surface area (Å²) in [7, 11) is 1.72. The number of ketones is 1. The van der Waals surface area contributed by atoms with Crippen molar-refractivity contribution in [3.05, 3.63) is 63.7 Å². The fourth-order valence-electron chi connectivity index (χ4n) is 4.90. The summed E-state index contributed by atoms with van der Waals surface area (Å²) >= 11 is 0. The fourth-order valence-corrected chi connectivity index (χ4v) is 4.90. The van der Waals surface area contributed by atoms with Crippen molar-refractivity contribution in [3.63, 3.8) is 0 Å². The first-order valence-electron chi connectivity index (χ1n) is 12.9. The van der Waals surface area contributed by atoms with E-state index in [1.807, 2.05) is 13.0 Å². The van der Waals surface area contributed by atoms with Gasteiger partial charge < -0.3 is 29.2 Å².